The van der Waals surface area contributed by atoms with Gasteiger partial charge in [0.05, 0.1) is 7.11 Å². The fourth-order valence-corrected chi connectivity index (χ4v) is 3.33. The Balaban J connectivity index is 1.60. The number of rotatable bonds is 5. The lowest BCUT2D eigenvalue weighted by Crippen LogP contribution is -2.36. The number of ether oxygens (including phenoxy) is 1. The van der Waals surface area contributed by atoms with Crippen LogP contribution in [0.4, 0.5) is 4.79 Å². The van der Waals surface area contributed by atoms with E-state index in [2.05, 4.69) is 5.32 Å². The van der Waals surface area contributed by atoms with Crippen LogP contribution in [0.15, 0.2) is 36.4 Å². The Hall–Kier alpha value is -2.21. The van der Waals surface area contributed by atoms with Crippen LogP contribution in [-0.4, -0.2) is 42.0 Å². The molecule has 6 heteroatoms. The fraction of sp³-hybridized carbons (Fsp3) is 0.294. The summed E-state index contributed by atoms with van der Waals surface area (Å²) in [5, 5.41) is 5.05. The Bertz CT molecular complexity index is 748. The minimum absolute atomic E-state index is 0.0141. The maximum Gasteiger partial charge on any atom is 0.282 e. The first-order valence-corrected chi connectivity index (χ1v) is 8.39. The van der Waals surface area contributed by atoms with E-state index in [1.165, 1.54) is 11.8 Å². The van der Waals surface area contributed by atoms with E-state index in [1.54, 1.807) is 12.0 Å². The summed E-state index contributed by atoms with van der Waals surface area (Å²) in [5.74, 6) is 1.46. The number of fused-ring (bicyclic) bond motifs is 1. The van der Waals surface area contributed by atoms with Crippen LogP contribution in [-0.2, 0) is 11.3 Å². The average molecular weight is 330 g/mol. The molecule has 1 aliphatic heterocycles. The van der Waals surface area contributed by atoms with Crippen molar-refractivity contribution >= 4 is 33.7 Å². The Morgan fingerprint density at radius 3 is 2.78 bits per heavy atom. The molecule has 2 aromatic rings. The molecule has 0 atom stereocenters. The van der Waals surface area contributed by atoms with Gasteiger partial charge in [0, 0.05) is 18.8 Å². The molecule has 3 rings (SSSR count). The Kier molecular flexibility index (Phi) is 4.71. The van der Waals surface area contributed by atoms with E-state index >= 15 is 0 Å². The van der Waals surface area contributed by atoms with E-state index in [4.69, 9.17) is 4.74 Å². The third kappa shape index (κ3) is 3.76. The molecule has 0 bridgehead atoms. The van der Waals surface area contributed by atoms with E-state index < -0.39 is 0 Å². The van der Waals surface area contributed by atoms with Crippen LogP contribution < -0.4 is 10.1 Å². The highest BCUT2D eigenvalue weighted by Gasteiger charge is 2.22. The summed E-state index contributed by atoms with van der Waals surface area (Å²) in [6.07, 6.45) is 0. The van der Waals surface area contributed by atoms with Gasteiger partial charge in [-0.25, -0.2) is 0 Å². The summed E-state index contributed by atoms with van der Waals surface area (Å²) in [6, 6.07) is 11.9. The molecule has 0 aromatic heterocycles. The largest absolute Gasteiger partial charge is 0.497 e. The normalized spacial score (nSPS) is 14.3. The number of thioether (sulfide) groups is 1. The van der Waals surface area contributed by atoms with Crippen molar-refractivity contribution in [3.8, 4) is 5.75 Å². The topological polar surface area (TPSA) is 58.6 Å². The quantitative estimate of drug-likeness (QED) is 0.915. The zero-order chi connectivity index (χ0) is 16.2. The van der Waals surface area contributed by atoms with Gasteiger partial charge in [-0.05, 0) is 34.5 Å². The first-order chi connectivity index (χ1) is 11.2. The number of methoxy groups -OCH3 is 1. The third-order valence-corrected chi connectivity index (χ3v) is 4.67. The minimum Gasteiger partial charge on any atom is -0.497 e. The van der Waals surface area contributed by atoms with Crippen LogP contribution >= 0.6 is 11.8 Å². The van der Waals surface area contributed by atoms with Gasteiger partial charge < -0.3 is 15.0 Å². The van der Waals surface area contributed by atoms with Crippen LogP contribution in [0.1, 0.15) is 5.56 Å². The van der Waals surface area contributed by atoms with Gasteiger partial charge in [0.1, 0.15) is 12.3 Å². The van der Waals surface area contributed by atoms with Gasteiger partial charge in [-0.3, -0.25) is 9.59 Å². The lowest BCUT2D eigenvalue weighted by Gasteiger charge is -2.14. The van der Waals surface area contributed by atoms with Gasteiger partial charge in [0.15, 0.2) is 0 Å². The van der Waals surface area contributed by atoms with Gasteiger partial charge in [0.25, 0.3) is 5.24 Å². The molecule has 1 aliphatic rings. The van der Waals surface area contributed by atoms with Crippen LogP contribution in [0.5, 0.6) is 5.75 Å². The summed E-state index contributed by atoms with van der Waals surface area (Å²) < 4.78 is 5.21. The highest BCUT2D eigenvalue weighted by atomic mass is 32.2. The lowest BCUT2D eigenvalue weighted by molar-refractivity contribution is -0.121. The molecule has 120 valence electrons. The SMILES string of the molecule is COc1ccc2cc(CNC(=O)CN3CCSC3=O)ccc2c1. The number of amides is 2. The highest BCUT2D eigenvalue weighted by molar-refractivity contribution is 8.13. The van der Waals surface area contributed by atoms with Gasteiger partial charge in [-0.1, -0.05) is 30.0 Å². The molecule has 1 saturated heterocycles. The summed E-state index contributed by atoms with van der Waals surface area (Å²) >= 11 is 1.26. The van der Waals surface area contributed by atoms with E-state index in [0.717, 1.165) is 27.8 Å². The molecule has 5 nitrogen and oxygen atoms in total. The summed E-state index contributed by atoms with van der Waals surface area (Å²) in [7, 11) is 1.65. The fourth-order valence-electron chi connectivity index (χ4n) is 2.51. The van der Waals surface area contributed by atoms with Crippen LogP contribution in [0.25, 0.3) is 10.8 Å². The second-order valence-corrected chi connectivity index (χ2v) is 6.41. The molecule has 23 heavy (non-hydrogen) atoms. The standard InChI is InChI=1S/C17H18N2O3S/c1-22-15-5-4-13-8-12(2-3-14(13)9-15)10-18-16(20)11-19-6-7-23-17(19)21/h2-5,8-9H,6-7,10-11H2,1H3,(H,18,20). The molecule has 0 spiro atoms. The van der Waals surface area contributed by atoms with Crippen molar-refractivity contribution in [2.75, 3.05) is 26.0 Å². The molecule has 0 saturated carbocycles. The van der Waals surface area contributed by atoms with Crippen molar-refractivity contribution < 1.29 is 14.3 Å². The number of hydrogen-bond donors (Lipinski definition) is 1. The first-order valence-electron chi connectivity index (χ1n) is 7.41. The number of carbonyl (C=O) groups excluding carboxylic acids is 2. The third-order valence-electron chi connectivity index (χ3n) is 3.78. The summed E-state index contributed by atoms with van der Waals surface area (Å²) in [4.78, 5) is 25.0. The van der Waals surface area contributed by atoms with Crippen molar-refractivity contribution in [3.05, 3.63) is 42.0 Å². The summed E-state index contributed by atoms with van der Waals surface area (Å²) in [5.41, 5.74) is 1.03. The molecule has 0 unspecified atom stereocenters. The number of nitrogens with zero attached hydrogens (tertiary/aromatic N) is 1. The zero-order valence-electron chi connectivity index (χ0n) is 12.9. The molecule has 1 heterocycles. The molecule has 1 N–H and O–H groups in total. The monoisotopic (exact) mass is 330 g/mol. The molecule has 2 aromatic carbocycles. The second-order valence-electron chi connectivity index (χ2n) is 5.36. The minimum atomic E-state index is -0.129. The Morgan fingerprint density at radius 2 is 2.04 bits per heavy atom. The maximum absolute atomic E-state index is 11.9. The lowest BCUT2D eigenvalue weighted by atomic mass is 10.1. The van der Waals surface area contributed by atoms with E-state index in [9.17, 15) is 9.59 Å². The molecular weight excluding hydrogens is 312 g/mol. The maximum atomic E-state index is 11.9. The van der Waals surface area contributed by atoms with Crippen LogP contribution in [0.3, 0.4) is 0 Å². The molecular formula is C17H18N2O3S. The van der Waals surface area contributed by atoms with Crippen molar-refractivity contribution in [1.29, 1.82) is 0 Å². The van der Waals surface area contributed by atoms with Gasteiger partial charge in [0.2, 0.25) is 5.91 Å². The molecule has 0 aliphatic carbocycles. The van der Waals surface area contributed by atoms with Gasteiger partial charge >= 0.3 is 0 Å². The van der Waals surface area contributed by atoms with E-state index in [1.807, 2.05) is 36.4 Å². The number of benzene rings is 2. The molecule has 2 amide bonds. The van der Waals surface area contributed by atoms with Crippen LogP contribution in [0.2, 0.25) is 0 Å². The van der Waals surface area contributed by atoms with E-state index in [-0.39, 0.29) is 17.7 Å². The Morgan fingerprint density at radius 1 is 1.26 bits per heavy atom. The zero-order valence-corrected chi connectivity index (χ0v) is 13.7. The highest BCUT2D eigenvalue weighted by Crippen LogP contribution is 2.22. The smallest absolute Gasteiger partial charge is 0.282 e. The number of hydrogen-bond acceptors (Lipinski definition) is 4. The number of nitrogens with one attached hydrogen (secondary N) is 1. The molecule has 1 fully saturated rings. The van der Waals surface area contributed by atoms with Crippen LogP contribution in [0, 0.1) is 0 Å². The van der Waals surface area contributed by atoms with Crippen molar-refractivity contribution in [3.63, 3.8) is 0 Å². The Labute approximate surface area is 139 Å². The van der Waals surface area contributed by atoms with Crippen molar-refractivity contribution in [2.24, 2.45) is 0 Å². The predicted molar refractivity (Wildman–Crippen MR) is 91.8 cm³/mol. The average Bonchev–Trinajstić information content (AvgIpc) is 2.97. The summed E-state index contributed by atoms with van der Waals surface area (Å²) in [6.45, 7) is 1.24. The predicted octanol–water partition coefficient (Wildman–Crippen LogP) is 2.63. The van der Waals surface area contributed by atoms with Gasteiger partial charge in [-0.15, -0.1) is 0 Å². The number of carbonyl (C=O) groups is 2. The van der Waals surface area contributed by atoms with Crippen molar-refractivity contribution in [1.82, 2.24) is 10.2 Å². The second kappa shape index (κ2) is 6.91. The first kappa shape index (κ1) is 15.7. The van der Waals surface area contributed by atoms with Crippen molar-refractivity contribution in [2.45, 2.75) is 6.54 Å². The van der Waals surface area contributed by atoms with E-state index in [0.29, 0.717) is 13.1 Å². The molecule has 0 radical (unpaired) electrons. The van der Waals surface area contributed by atoms with Gasteiger partial charge in [-0.2, -0.15) is 0 Å².